The topological polar surface area (TPSA) is 110 Å². The van der Waals surface area contributed by atoms with E-state index in [1.165, 1.54) is 19.4 Å². The molecule has 0 bridgehead atoms. The molecule has 228 valence electrons. The molecule has 2 aliphatic rings. The Balaban J connectivity index is 1.55. The minimum Gasteiger partial charge on any atom is -0.468 e. The molecular weight excluding hydrogens is 558 g/mol. The van der Waals surface area contributed by atoms with Crippen LogP contribution in [0.5, 0.6) is 11.8 Å². The number of aromatic nitrogens is 3. The Kier molecular flexibility index (Phi) is 7.82. The molecule has 0 spiro atoms. The molecule has 2 aromatic heterocycles. The van der Waals surface area contributed by atoms with Gasteiger partial charge in [0.1, 0.15) is 28.6 Å². The van der Waals surface area contributed by atoms with E-state index < -0.39 is 17.2 Å². The molecule has 0 unspecified atom stereocenters. The zero-order chi connectivity index (χ0) is 30.4. The van der Waals surface area contributed by atoms with Gasteiger partial charge in [0.05, 0.1) is 24.2 Å². The zero-order valence-corrected chi connectivity index (χ0v) is 24.6. The molecule has 2 N–H and O–H groups in total. The quantitative estimate of drug-likeness (QED) is 0.240. The number of aliphatic hydroxyl groups excluding tert-OH is 1. The van der Waals surface area contributed by atoms with Gasteiger partial charge < -0.3 is 29.3 Å². The van der Waals surface area contributed by atoms with Crippen molar-refractivity contribution in [2.45, 2.75) is 51.6 Å². The molecule has 0 radical (unpaired) electrons. The van der Waals surface area contributed by atoms with E-state index in [9.17, 15) is 10.2 Å². The molecule has 1 saturated carbocycles. The highest BCUT2D eigenvalue weighted by atomic mass is 19.1. The number of fused-ring (bicyclic) bond motifs is 2. The van der Waals surface area contributed by atoms with E-state index in [2.05, 4.69) is 15.0 Å². The number of nitrogens with zero attached hydrogens (tertiary/aromatic N) is 4. The Labute approximate surface area is 248 Å². The van der Waals surface area contributed by atoms with Gasteiger partial charge in [-0.3, -0.25) is 4.98 Å². The smallest absolute Gasteiger partial charge is 0.319 e. The summed E-state index contributed by atoms with van der Waals surface area (Å²) >= 11 is 0. The summed E-state index contributed by atoms with van der Waals surface area (Å²) in [6.07, 6.45) is 4.91. The Bertz CT molecular complexity index is 1680. The van der Waals surface area contributed by atoms with Crippen molar-refractivity contribution in [3.8, 4) is 23.0 Å². The molecule has 4 aromatic rings. The van der Waals surface area contributed by atoms with E-state index in [0.717, 1.165) is 19.3 Å². The second-order valence-electron chi connectivity index (χ2n) is 12.0. The molecule has 1 aliphatic heterocycles. The van der Waals surface area contributed by atoms with Crippen molar-refractivity contribution in [3.05, 3.63) is 47.7 Å². The standard InChI is InChI=1S/C32H36F2N4O5/c1-4-21-24(33)7-6-19-12-20(43-18-41-3)13-22(25(19)21)27-26(34)28-23(14-35-27)29(38-11-5-8-31(2,40)15-38)37-30(36-28)42-17-32(16-39)9-10-32/h6-7,12-14,39-40H,4-5,8-11,15-18H2,1-3H3/t31-/m1/s1. The fourth-order valence-corrected chi connectivity index (χ4v) is 5.89. The number of β-amino-alcohol motifs (C(OH)–C–C–N with tert-alkyl or cyclic N) is 1. The van der Waals surface area contributed by atoms with Crippen molar-refractivity contribution >= 4 is 27.5 Å². The lowest BCUT2D eigenvalue weighted by molar-refractivity contribution is 0.0447. The van der Waals surface area contributed by atoms with Gasteiger partial charge in [0, 0.05) is 37.4 Å². The second kappa shape index (κ2) is 11.4. The van der Waals surface area contributed by atoms with Gasteiger partial charge in [-0.1, -0.05) is 13.0 Å². The molecule has 3 heterocycles. The van der Waals surface area contributed by atoms with Crippen LogP contribution in [-0.2, 0) is 11.2 Å². The lowest BCUT2D eigenvalue weighted by atomic mass is 9.94. The number of rotatable bonds is 10. The monoisotopic (exact) mass is 594 g/mol. The molecule has 1 aliphatic carbocycles. The fourth-order valence-electron chi connectivity index (χ4n) is 5.89. The summed E-state index contributed by atoms with van der Waals surface area (Å²) in [5.74, 6) is -0.275. The van der Waals surface area contributed by atoms with Crippen LogP contribution in [0.3, 0.4) is 0 Å². The van der Waals surface area contributed by atoms with Crippen molar-refractivity contribution in [2.24, 2.45) is 5.41 Å². The maximum absolute atomic E-state index is 16.8. The van der Waals surface area contributed by atoms with E-state index in [0.29, 0.717) is 64.8 Å². The molecule has 43 heavy (non-hydrogen) atoms. The number of anilines is 1. The van der Waals surface area contributed by atoms with Crippen molar-refractivity contribution in [3.63, 3.8) is 0 Å². The van der Waals surface area contributed by atoms with Gasteiger partial charge in [-0.2, -0.15) is 9.97 Å². The minimum absolute atomic E-state index is 0.00474. The summed E-state index contributed by atoms with van der Waals surface area (Å²) < 4.78 is 48.5. The Hall–Kier alpha value is -3.67. The number of hydrogen-bond acceptors (Lipinski definition) is 9. The molecule has 2 fully saturated rings. The van der Waals surface area contributed by atoms with Crippen LogP contribution in [0.15, 0.2) is 30.5 Å². The maximum Gasteiger partial charge on any atom is 0.319 e. The van der Waals surface area contributed by atoms with E-state index in [1.807, 2.05) is 11.8 Å². The predicted octanol–water partition coefficient (Wildman–Crippen LogP) is 5.17. The van der Waals surface area contributed by atoms with Crippen LogP contribution >= 0.6 is 0 Å². The Morgan fingerprint density at radius 1 is 1.09 bits per heavy atom. The first-order chi connectivity index (χ1) is 20.7. The highest BCUT2D eigenvalue weighted by Crippen LogP contribution is 2.45. The molecule has 1 saturated heterocycles. The van der Waals surface area contributed by atoms with Crippen LogP contribution in [0, 0.1) is 17.0 Å². The lowest BCUT2D eigenvalue weighted by Crippen LogP contribution is -2.46. The molecule has 1 atom stereocenters. The summed E-state index contributed by atoms with van der Waals surface area (Å²) in [6.45, 7) is 4.68. The molecular formula is C32H36F2N4O5. The van der Waals surface area contributed by atoms with Gasteiger partial charge in [-0.05, 0) is 73.6 Å². The maximum atomic E-state index is 16.8. The SMILES string of the molecule is CCc1c(F)ccc2cc(OCOC)cc(-c3ncc4c(N5CCC[C@@](C)(O)C5)nc(OCC5(CO)CC5)nc4c3F)c12. The van der Waals surface area contributed by atoms with Crippen LogP contribution < -0.4 is 14.4 Å². The average Bonchev–Trinajstić information content (AvgIpc) is 3.79. The normalized spacial score (nSPS) is 19.7. The third-order valence-electron chi connectivity index (χ3n) is 8.51. The zero-order valence-electron chi connectivity index (χ0n) is 24.6. The Morgan fingerprint density at radius 2 is 1.91 bits per heavy atom. The number of aryl methyl sites for hydroxylation is 1. The summed E-state index contributed by atoms with van der Waals surface area (Å²) in [5.41, 5.74) is -0.503. The van der Waals surface area contributed by atoms with Crippen LogP contribution in [0.1, 0.15) is 45.1 Å². The summed E-state index contributed by atoms with van der Waals surface area (Å²) in [7, 11) is 1.50. The second-order valence-corrected chi connectivity index (χ2v) is 12.0. The van der Waals surface area contributed by atoms with Crippen molar-refractivity contribution in [1.82, 2.24) is 15.0 Å². The number of hydrogen-bond donors (Lipinski definition) is 2. The largest absolute Gasteiger partial charge is 0.468 e. The number of piperidine rings is 1. The number of aliphatic hydroxyl groups is 2. The van der Waals surface area contributed by atoms with Gasteiger partial charge in [0.15, 0.2) is 12.6 Å². The van der Waals surface area contributed by atoms with Crippen molar-refractivity contribution < 1.29 is 33.2 Å². The lowest BCUT2D eigenvalue weighted by Gasteiger charge is -2.37. The molecule has 9 nitrogen and oxygen atoms in total. The summed E-state index contributed by atoms with van der Waals surface area (Å²) in [6, 6.07) is 6.40. The first-order valence-electron chi connectivity index (χ1n) is 14.6. The van der Waals surface area contributed by atoms with Crippen LogP contribution in [0.2, 0.25) is 0 Å². The van der Waals surface area contributed by atoms with Gasteiger partial charge in [-0.25, -0.2) is 8.78 Å². The highest BCUT2D eigenvalue weighted by molar-refractivity contribution is 6.01. The highest BCUT2D eigenvalue weighted by Gasteiger charge is 2.43. The molecule has 0 amide bonds. The van der Waals surface area contributed by atoms with Gasteiger partial charge in [-0.15, -0.1) is 0 Å². The summed E-state index contributed by atoms with van der Waals surface area (Å²) in [4.78, 5) is 15.6. The molecule has 2 aromatic carbocycles. The van der Waals surface area contributed by atoms with Crippen LogP contribution in [-0.4, -0.2) is 71.0 Å². The van der Waals surface area contributed by atoms with Crippen LogP contribution in [0.25, 0.3) is 32.9 Å². The van der Waals surface area contributed by atoms with E-state index in [-0.39, 0.29) is 42.6 Å². The summed E-state index contributed by atoms with van der Waals surface area (Å²) in [5, 5.41) is 22.2. The number of halogens is 2. The number of methoxy groups -OCH3 is 1. The third-order valence-corrected chi connectivity index (χ3v) is 8.51. The van der Waals surface area contributed by atoms with Crippen molar-refractivity contribution in [1.29, 1.82) is 0 Å². The number of benzene rings is 2. The molecule has 6 rings (SSSR count). The molecule has 11 heteroatoms. The van der Waals surface area contributed by atoms with Gasteiger partial charge >= 0.3 is 6.01 Å². The number of pyridine rings is 1. The first kappa shape index (κ1) is 29.4. The van der Waals surface area contributed by atoms with Crippen LogP contribution in [0.4, 0.5) is 14.6 Å². The van der Waals surface area contributed by atoms with Crippen molar-refractivity contribution in [2.75, 3.05) is 45.1 Å². The minimum atomic E-state index is -0.945. The third kappa shape index (κ3) is 5.69. The van der Waals surface area contributed by atoms with E-state index in [1.54, 1.807) is 25.1 Å². The van der Waals surface area contributed by atoms with E-state index in [4.69, 9.17) is 14.2 Å². The average molecular weight is 595 g/mol. The van der Waals surface area contributed by atoms with Gasteiger partial charge in [0.25, 0.3) is 0 Å². The predicted molar refractivity (Wildman–Crippen MR) is 158 cm³/mol. The Morgan fingerprint density at radius 3 is 2.60 bits per heavy atom. The number of ether oxygens (including phenoxy) is 3. The fraction of sp³-hybridized carbons (Fsp3) is 0.469. The van der Waals surface area contributed by atoms with Gasteiger partial charge in [0.2, 0.25) is 0 Å². The van der Waals surface area contributed by atoms with E-state index >= 15 is 8.78 Å². The first-order valence-corrected chi connectivity index (χ1v) is 14.6.